The van der Waals surface area contributed by atoms with Gasteiger partial charge in [0.2, 0.25) is 0 Å². The summed E-state index contributed by atoms with van der Waals surface area (Å²) in [6.45, 7) is 3.07. The van der Waals surface area contributed by atoms with Gasteiger partial charge in [0.1, 0.15) is 11.3 Å². The Kier molecular flexibility index (Phi) is 6.39. The van der Waals surface area contributed by atoms with Gasteiger partial charge in [0, 0.05) is 30.0 Å². The van der Waals surface area contributed by atoms with Gasteiger partial charge in [-0.2, -0.15) is 0 Å². The van der Waals surface area contributed by atoms with Crippen LogP contribution in [-0.2, 0) is 6.54 Å². The molecule has 1 unspecified atom stereocenters. The summed E-state index contributed by atoms with van der Waals surface area (Å²) in [6, 6.07) is 27.1. The van der Waals surface area contributed by atoms with E-state index in [-0.39, 0.29) is 0 Å². The number of aromatic nitrogens is 4. The maximum Gasteiger partial charge on any atom is 0.165 e. The second-order valence-corrected chi connectivity index (χ2v) is 9.75. The first-order chi connectivity index (χ1) is 18.2. The Bertz CT molecular complexity index is 1510. The number of hydrogen-bond donors (Lipinski definition) is 2. The average molecular weight is 490 g/mol. The van der Waals surface area contributed by atoms with Gasteiger partial charge in [-0.1, -0.05) is 42.5 Å². The number of anilines is 1. The summed E-state index contributed by atoms with van der Waals surface area (Å²) < 4.78 is 2.09. The molecule has 2 aromatic carbocycles. The minimum absolute atomic E-state index is 0.327. The number of benzene rings is 2. The van der Waals surface area contributed by atoms with Crippen LogP contribution in [-0.4, -0.2) is 43.6 Å². The van der Waals surface area contributed by atoms with Crippen molar-refractivity contribution in [3.05, 3.63) is 90.6 Å². The van der Waals surface area contributed by atoms with Crippen LogP contribution in [0, 0.1) is 0 Å². The van der Waals surface area contributed by atoms with Crippen LogP contribution in [0.3, 0.4) is 0 Å². The zero-order valence-electron chi connectivity index (χ0n) is 20.8. The first-order valence-corrected chi connectivity index (χ1v) is 12.9. The molecule has 1 aliphatic rings. The molecule has 0 saturated carbocycles. The predicted molar refractivity (Wildman–Crippen MR) is 149 cm³/mol. The molecule has 0 spiro atoms. The van der Waals surface area contributed by atoms with E-state index in [1.807, 2.05) is 42.5 Å². The number of hydrogen-bond acceptors (Lipinski definition) is 6. The van der Waals surface area contributed by atoms with Gasteiger partial charge in [-0.3, -0.25) is 9.47 Å². The molecule has 1 aliphatic heterocycles. The van der Waals surface area contributed by atoms with Crippen molar-refractivity contribution in [3.63, 3.8) is 0 Å². The molecule has 0 radical (unpaired) electrons. The van der Waals surface area contributed by atoms with E-state index in [1.54, 1.807) is 6.20 Å². The molecule has 0 amide bonds. The molecule has 7 nitrogen and oxygen atoms in total. The van der Waals surface area contributed by atoms with Gasteiger partial charge < -0.3 is 11.5 Å². The van der Waals surface area contributed by atoms with E-state index in [0.717, 1.165) is 78.4 Å². The maximum atomic E-state index is 6.29. The SMILES string of the molecule is Nc1ncccc1-c1nc2ccc(-c3ccccc3)nc2n1-c1ccc(CN2CCCC(N)CC2)cc1. The molecule has 1 saturated heterocycles. The van der Waals surface area contributed by atoms with E-state index >= 15 is 0 Å². The molecule has 0 bridgehead atoms. The highest BCUT2D eigenvalue weighted by Crippen LogP contribution is 2.32. The van der Waals surface area contributed by atoms with E-state index in [2.05, 4.69) is 50.8 Å². The second-order valence-electron chi connectivity index (χ2n) is 9.75. The number of nitrogen functional groups attached to an aromatic ring is 1. The number of pyridine rings is 2. The Hall–Kier alpha value is -4.07. The average Bonchev–Trinajstić information content (AvgIpc) is 3.18. The Morgan fingerprint density at radius 1 is 0.838 bits per heavy atom. The lowest BCUT2D eigenvalue weighted by Crippen LogP contribution is -2.26. The maximum absolute atomic E-state index is 6.29. The lowest BCUT2D eigenvalue weighted by Gasteiger charge is -2.20. The first kappa shape index (κ1) is 23.3. The van der Waals surface area contributed by atoms with Crippen LogP contribution < -0.4 is 11.5 Å². The molecule has 0 aliphatic carbocycles. The van der Waals surface area contributed by atoms with Crippen LogP contribution >= 0.6 is 0 Å². The number of nitrogens with zero attached hydrogens (tertiary/aromatic N) is 5. The highest BCUT2D eigenvalue weighted by molar-refractivity contribution is 5.84. The topological polar surface area (TPSA) is 98.9 Å². The first-order valence-electron chi connectivity index (χ1n) is 12.9. The van der Waals surface area contributed by atoms with E-state index in [1.165, 1.54) is 5.56 Å². The van der Waals surface area contributed by atoms with Crippen molar-refractivity contribution in [3.8, 4) is 28.3 Å². The largest absolute Gasteiger partial charge is 0.383 e. The third-order valence-corrected chi connectivity index (χ3v) is 7.12. The Labute approximate surface area is 216 Å². The number of imidazole rings is 1. The van der Waals surface area contributed by atoms with Gasteiger partial charge in [0.15, 0.2) is 11.5 Å². The molecule has 5 aromatic rings. The lowest BCUT2D eigenvalue weighted by molar-refractivity contribution is 0.276. The van der Waals surface area contributed by atoms with E-state index in [0.29, 0.717) is 11.9 Å². The summed E-state index contributed by atoms with van der Waals surface area (Å²) in [5.74, 6) is 1.17. The molecule has 4 N–H and O–H groups in total. The number of likely N-dealkylation sites (tertiary alicyclic amines) is 1. The number of rotatable bonds is 5. The minimum atomic E-state index is 0.327. The van der Waals surface area contributed by atoms with Crippen molar-refractivity contribution < 1.29 is 0 Å². The van der Waals surface area contributed by atoms with Gasteiger partial charge >= 0.3 is 0 Å². The van der Waals surface area contributed by atoms with Gasteiger partial charge in [0.05, 0.1) is 11.3 Å². The van der Waals surface area contributed by atoms with Gasteiger partial charge in [-0.15, -0.1) is 0 Å². The van der Waals surface area contributed by atoms with Crippen LogP contribution in [0.2, 0.25) is 0 Å². The standard InChI is InChI=1S/C30H31N7/c31-23-8-5-18-36(19-16-23)20-21-10-12-24(13-11-21)37-29(25-9-4-17-33-28(25)32)35-27-15-14-26(34-30(27)37)22-6-2-1-3-7-22/h1-4,6-7,9-15,17,23H,5,8,16,18-20,31H2,(H2,32,33). The second kappa shape index (κ2) is 10.1. The fraction of sp³-hybridized carbons (Fsp3) is 0.233. The molecule has 37 heavy (non-hydrogen) atoms. The molecule has 1 fully saturated rings. The van der Waals surface area contributed by atoms with Crippen molar-refractivity contribution in [2.45, 2.75) is 31.8 Å². The lowest BCUT2D eigenvalue weighted by atomic mass is 10.1. The van der Waals surface area contributed by atoms with Gasteiger partial charge in [0.25, 0.3) is 0 Å². The zero-order chi connectivity index (χ0) is 25.2. The molecule has 7 heteroatoms. The molecule has 186 valence electrons. The molecule has 1 atom stereocenters. The Balaban J connectivity index is 1.42. The minimum Gasteiger partial charge on any atom is -0.383 e. The normalized spacial score (nSPS) is 16.6. The van der Waals surface area contributed by atoms with Crippen LogP contribution in [0.1, 0.15) is 24.8 Å². The summed E-state index contributed by atoms with van der Waals surface area (Å²) in [7, 11) is 0. The third kappa shape index (κ3) is 4.83. The summed E-state index contributed by atoms with van der Waals surface area (Å²) >= 11 is 0. The molecular weight excluding hydrogens is 458 g/mol. The van der Waals surface area contributed by atoms with Crippen molar-refractivity contribution in [1.29, 1.82) is 0 Å². The smallest absolute Gasteiger partial charge is 0.165 e. The zero-order valence-corrected chi connectivity index (χ0v) is 20.8. The summed E-state index contributed by atoms with van der Waals surface area (Å²) in [5.41, 5.74) is 19.1. The Morgan fingerprint density at radius 2 is 1.68 bits per heavy atom. The van der Waals surface area contributed by atoms with Crippen LogP contribution in [0.5, 0.6) is 0 Å². The van der Waals surface area contributed by atoms with Crippen molar-refractivity contribution >= 4 is 17.0 Å². The van der Waals surface area contributed by atoms with Gasteiger partial charge in [-0.25, -0.2) is 15.0 Å². The van der Waals surface area contributed by atoms with E-state index in [4.69, 9.17) is 21.4 Å². The van der Waals surface area contributed by atoms with E-state index < -0.39 is 0 Å². The van der Waals surface area contributed by atoms with Gasteiger partial charge in [-0.05, 0) is 74.3 Å². The quantitative estimate of drug-likeness (QED) is 0.359. The Morgan fingerprint density at radius 3 is 2.49 bits per heavy atom. The monoisotopic (exact) mass is 489 g/mol. The van der Waals surface area contributed by atoms with Crippen LogP contribution in [0.25, 0.3) is 39.5 Å². The van der Waals surface area contributed by atoms with Crippen LogP contribution in [0.4, 0.5) is 5.82 Å². The van der Waals surface area contributed by atoms with E-state index in [9.17, 15) is 0 Å². The number of fused-ring (bicyclic) bond motifs is 1. The van der Waals surface area contributed by atoms with Crippen molar-refractivity contribution in [2.24, 2.45) is 5.73 Å². The highest BCUT2D eigenvalue weighted by Gasteiger charge is 2.19. The molecule has 3 aromatic heterocycles. The molecule has 4 heterocycles. The van der Waals surface area contributed by atoms with Crippen LogP contribution in [0.15, 0.2) is 85.1 Å². The molecular formula is C30H31N7. The summed E-state index contributed by atoms with van der Waals surface area (Å²) in [5, 5.41) is 0. The third-order valence-electron chi connectivity index (χ3n) is 7.12. The fourth-order valence-electron chi connectivity index (χ4n) is 5.11. The van der Waals surface area contributed by atoms with Crippen molar-refractivity contribution in [2.75, 3.05) is 18.8 Å². The van der Waals surface area contributed by atoms with Crippen molar-refractivity contribution in [1.82, 2.24) is 24.4 Å². The summed E-state index contributed by atoms with van der Waals surface area (Å²) in [6.07, 6.45) is 5.03. The highest BCUT2D eigenvalue weighted by atomic mass is 15.1. The molecule has 6 rings (SSSR count). The summed E-state index contributed by atoms with van der Waals surface area (Å²) in [4.78, 5) is 16.8. The predicted octanol–water partition coefficient (Wildman–Crippen LogP) is 5.04. The number of nitrogens with two attached hydrogens (primary N) is 2. The fourth-order valence-corrected chi connectivity index (χ4v) is 5.11.